The highest BCUT2D eigenvalue weighted by atomic mass is 35.5. The molecule has 1 aromatic rings. The third-order valence-electron chi connectivity index (χ3n) is 3.17. The lowest BCUT2D eigenvalue weighted by Crippen LogP contribution is -2.24. The van der Waals surface area contributed by atoms with Crippen LogP contribution in [0.1, 0.15) is 16.8 Å². The number of nitrogens with zero attached hydrogens (tertiary/aromatic N) is 1. The van der Waals surface area contributed by atoms with Crippen molar-refractivity contribution in [2.45, 2.75) is 6.42 Å². The number of amides is 2. The minimum absolute atomic E-state index is 0.0897. The highest BCUT2D eigenvalue weighted by molar-refractivity contribution is 6.34. The summed E-state index contributed by atoms with van der Waals surface area (Å²) < 4.78 is 5.19. The van der Waals surface area contributed by atoms with E-state index < -0.39 is 0 Å². The van der Waals surface area contributed by atoms with Crippen molar-refractivity contribution in [1.82, 2.24) is 4.90 Å². The molecule has 1 fully saturated rings. The van der Waals surface area contributed by atoms with Crippen molar-refractivity contribution in [3.8, 4) is 0 Å². The Balaban J connectivity index is 2.14. The Bertz CT molecular complexity index is 525. The summed E-state index contributed by atoms with van der Waals surface area (Å²) >= 11 is 6.02. The number of nitrogens with one attached hydrogen (secondary N) is 1. The van der Waals surface area contributed by atoms with Crippen LogP contribution in [0.2, 0.25) is 5.02 Å². The minimum Gasteiger partial charge on any atom is -0.381 e. The maximum absolute atomic E-state index is 12.0. The van der Waals surface area contributed by atoms with Gasteiger partial charge in [-0.25, -0.2) is 0 Å². The molecule has 1 heterocycles. The Morgan fingerprint density at radius 1 is 1.40 bits per heavy atom. The smallest absolute Gasteiger partial charge is 0.254 e. The zero-order chi connectivity index (χ0) is 14.7. The van der Waals surface area contributed by atoms with Crippen molar-refractivity contribution in [2.24, 2.45) is 5.92 Å². The second-order valence-electron chi connectivity index (χ2n) is 4.94. The molecule has 1 atom stereocenters. The van der Waals surface area contributed by atoms with E-state index in [9.17, 15) is 9.59 Å². The minimum atomic E-state index is -0.199. The Hall–Kier alpha value is -1.59. The van der Waals surface area contributed by atoms with Gasteiger partial charge in [0.2, 0.25) is 5.91 Å². The van der Waals surface area contributed by atoms with Crippen molar-refractivity contribution in [3.63, 3.8) is 0 Å². The molecule has 1 unspecified atom stereocenters. The Morgan fingerprint density at radius 3 is 2.75 bits per heavy atom. The molecule has 1 aliphatic rings. The predicted molar refractivity (Wildman–Crippen MR) is 77.0 cm³/mol. The Morgan fingerprint density at radius 2 is 2.15 bits per heavy atom. The van der Waals surface area contributed by atoms with Crippen LogP contribution < -0.4 is 5.32 Å². The molecule has 0 bridgehead atoms. The molecule has 0 radical (unpaired) electrons. The second-order valence-corrected chi connectivity index (χ2v) is 5.35. The van der Waals surface area contributed by atoms with E-state index in [0.29, 0.717) is 29.5 Å². The third-order valence-corrected chi connectivity index (χ3v) is 3.50. The lowest BCUT2D eigenvalue weighted by Gasteiger charge is -2.14. The van der Waals surface area contributed by atoms with Gasteiger partial charge in [-0.2, -0.15) is 0 Å². The molecule has 5 nitrogen and oxygen atoms in total. The summed E-state index contributed by atoms with van der Waals surface area (Å²) in [7, 11) is 3.31. The van der Waals surface area contributed by atoms with Gasteiger partial charge in [0, 0.05) is 26.4 Å². The monoisotopic (exact) mass is 296 g/mol. The van der Waals surface area contributed by atoms with E-state index in [-0.39, 0.29) is 17.7 Å². The highest BCUT2D eigenvalue weighted by Crippen LogP contribution is 2.23. The molecule has 1 aliphatic heterocycles. The summed E-state index contributed by atoms with van der Waals surface area (Å²) in [6.45, 7) is 1.06. The van der Waals surface area contributed by atoms with Gasteiger partial charge in [-0.05, 0) is 24.6 Å². The molecule has 0 aromatic heterocycles. The van der Waals surface area contributed by atoms with Gasteiger partial charge in [0.05, 0.1) is 23.1 Å². The molecule has 1 N–H and O–H groups in total. The molecule has 2 rings (SSSR count). The number of rotatable bonds is 3. The van der Waals surface area contributed by atoms with Crippen LogP contribution in [0.3, 0.4) is 0 Å². The number of ether oxygens (including phenoxy) is 1. The molecule has 0 aliphatic carbocycles. The van der Waals surface area contributed by atoms with E-state index in [1.165, 1.54) is 4.90 Å². The fourth-order valence-electron chi connectivity index (χ4n) is 1.99. The molecule has 108 valence electrons. The first-order valence-corrected chi connectivity index (χ1v) is 6.76. The average Bonchev–Trinajstić information content (AvgIpc) is 2.94. The van der Waals surface area contributed by atoms with Gasteiger partial charge >= 0.3 is 0 Å². The number of hydrogen-bond acceptors (Lipinski definition) is 3. The van der Waals surface area contributed by atoms with Gasteiger partial charge in [-0.15, -0.1) is 0 Å². The predicted octanol–water partition coefficient (Wildman–Crippen LogP) is 2.02. The van der Waals surface area contributed by atoms with Crippen LogP contribution in [0, 0.1) is 5.92 Å². The van der Waals surface area contributed by atoms with E-state index in [1.807, 2.05) is 0 Å². The van der Waals surface area contributed by atoms with Gasteiger partial charge in [0.25, 0.3) is 5.91 Å². The standard InChI is InChI=1S/C14H17ClN2O3/c1-17(2)14(19)11-7-10(3-4-12(11)15)16-13(18)9-5-6-20-8-9/h3-4,7,9H,5-6,8H2,1-2H3,(H,16,18). The average molecular weight is 297 g/mol. The van der Waals surface area contributed by atoms with E-state index in [4.69, 9.17) is 16.3 Å². The molecule has 1 saturated heterocycles. The number of carbonyl (C=O) groups is 2. The topological polar surface area (TPSA) is 58.6 Å². The van der Waals surface area contributed by atoms with Gasteiger partial charge in [0.15, 0.2) is 0 Å². The summed E-state index contributed by atoms with van der Waals surface area (Å²) in [5, 5.41) is 3.16. The molecule has 0 saturated carbocycles. The maximum Gasteiger partial charge on any atom is 0.254 e. The first kappa shape index (κ1) is 14.8. The van der Waals surface area contributed by atoms with Crippen LogP contribution in [-0.4, -0.2) is 44.0 Å². The van der Waals surface area contributed by atoms with E-state index in [0.717, 1.165) is 6.42 Å². The summed E-state index contributed by atoms with van der Waals surface area (Å²) in [5.74, 6) is -0.415. The second kappa shape index (κ2) is 6.24. The number of carbonyl (C=O) groups excluding carboxylic acids is 2. The summed E-state index contributed by atoms with van der Waals surface area (Å²) in [6.07, 6.45) is 0.725. The van der Waals surface area contributed by atoms with E-state index >= 15 is 0 Å². The molecular formula is C14H17ClN2O3. The maximum atomic E-state index is 12.0. The zero-order valence-electron chi connectivity index (χ0n) is 11.5. The molecule has 6 heteroatoms. The highest BCUT2D eigenvalue weighted by Gasteiger charge is 2.24. The van der Waals surface area contributed by atoms with Crippen LogP contribution in [0.25, 0.3) is 0 Å². The van der Waals surface area contributed by atoms with Crippen LogP contribution >= 0.6 is 11.6 Å². The largest absolute Gasteiger partial charge is 0.381 e. The van der Waals surface area contributed by atoms with Crippen LogP contribution in [0.15, 0.2) is 18.2 Å². The molecule has 2 amide bonds. The van der Waals surface area contributed by atoms with Crippen molar-refractivity contribution < 1.29 is 14.3 Å². The first-order chi connectivity index (χ1) is 9.49. The van der Waals surface area contributed by atoms with Crippen molar-refractivity contribution in [1.29, 1.82) is 0 Å². The Labute approximate surface area is 122 Å². The van der Waals surface area contributed by atoms with Crippen molar-refractivity contribution in [3.05, 3.63) is 28.8 Å². The van der Waals surface area contributed by atoms with Gasteiger partial charge in [-0.1, -0.05) is 11.6 Å². The summed E-state index contributed by atoms with van der Waals surface area (Å²) in [4.78, 5) is 25.4. The number of benzene rings is 1. The molecule has 1 aromatic carbocycles. The fourth-order valence-corrected chi connectivity index (χ4v) is 2.19. The number of hydrogen-bond donors (Lipinski definition) is 1. The third kappa shape index (κ3) is 3.29. The lowest BCUT2D eigenvalue weighted by atomic mass is 10.1. The van der Waals surface area contributed by atoms with Crippen molar-refractivity contribution >= 4 is 29.1 Å². The fraction of sp³-hybridized carbons (Fsp3) is 0.429. The SMILES string of the molecule is CN(C)C(=O)c1cc(NC(=O)C2CCOC2)ccc1Cl. The van der Waals surface area contributed by atoms with Crippen LogP contribution in [-0.2, 0) is 9.53 Å². The first-order valence-electron chi connectivity index (χ1n) is 6.39. The lowest BCUT2D eigenvalue weighted by molar-refractivity contribution is -0.119. The molecule has 20 heavy (non-hydrogen) atoms. The molecule has 0 spiro atoms. The van der Waals surface area contributed by atoms with Crippen molar-refractivity contribution in [2.75, 3.05) is 32.6 Å². The Kier molecular flexibility index (Phi) is 4.62. The van der Waals surface area contributed by atoms with Gasteiger partial charge in [-0.3, -0.25) is 9.59 Å². The van der Waals surface area contributed by atoms with E-state index in [1.54, 1.807) is 32.3 Å². The quantitative estimate of drug-likeness (QED) is 0.928. The number of anilines is 1. The van der Waals surface area contributed by atoms with Crippen LogP contribution in [0.5, 0.6) is 0 Å². The number of halogens is 1. The normalized spacial score (nSPS) is 17.9. The zero-order valence-corrected chi connectivity index (χ0v) is 12.2. The van der Waals surface area contributed by atoms with Crippen LogP contribution in [0.4, 0.5) is 5.69 Å². The summed E-state index contributed by atoms with van der Waals surface area (Å²) in [5.41, 5.74) is 0.939. The van der Waals surface area contributed by atoms with Gasteiger partial charge in [0.1, 0.15) is 0 Å². The molecular weight excluding hydrogens is 280 g/mol. The van der Waals surface area contributed by atoms with Gasteiger partial charge < -0.3 is 15.0 Å². The van der Waals surface area contributed by atoms with E-state index in [2.05, 4.69) is 5.32 Å². The summed E-state index contributed by atoms with van der Waals surface area (Å²) in [6, 6.07) is 4.89.